The molecular formula is C17H25BrO. The Labute approximate surface area is 125 Å². The van der Waals surface area contributed by atoms with Crippen molar-refractivity contribution in [3.8, 4) is 5.75 Å². The summed E-state index contributed by atoms with van der Waals surface area (Å²) in [6, 6.07) is 8.55. The number of benzene rings is 1. The van der Waals surface area contributed by atoms with Crippen LogP contribution >= 0.6 is 15.9 Å². The molecule has 0 aromatic heterocycles. The van der Waals surface area contributed by atoms with E-state index in [1.54, 1.807) is 0 Å². The molecular weight excluding hydrogens is 300 g/mol. The summed E-state index contributed by atoms with van der Waals surface area (Å²) in [7, 11) is 0. The fourth-order valence-electron chi connectivity index (χ4n) is 2.60. The third-order valence-electron chi connectivity index (χ3n) is 4.61. The zero-order valence-electron chi connectivity index (χ0n) is 12.7. The minimum atomic E-state index is 0.172. The van der Waals surface area contributed by atoms with Gasteiger partial charge in [-0.05, 0) is 36.0 Å². The highest BCUT2D eigenvalue weighted by molar-refractivity contribution is 9.09. The predicted molar refractivity (Wildman–Crippen MR) is 85.3 cm³/mol. The van der Waals surface area contributed by atoms with E-state index in [-0.39, 0.29) is 10.8 Å². The van der Waals surface area contributed by atoms with E-state index in [1.807, 2.05) is 0 Å². The molecule has 0 amide bonds. The zero-order valence-corrected chi connectivity index (χ0v) is 14.3. The minimum absolute atomic E-state index is 0.172. The number of ether oxygens (including phenoxy) is 1. The molecule has 1 saturated carbocycles. The van der Waals surface area contributed by atoms with Crippen molar-refractivity contribution < 1.29 is 4.74 Å². The molecule has 0 bridgehead atoms. The van der Waals surface area contributed by atoms with Crippen molar-refractivity contribution in [3.05, 3.63) is 29.8 Å². The molecule has 0 N–H and O–H groups in total. The Kier molecular flexibility index (Phi) is 4.02. The maximum Gasteiger partial charge on any atom is 0.120 e. The summed E-state index contributed by atoms with van der Waals surface area (Å²) in [5.74, 6) is 1.01. The first-order valence-electron chi connectivity index (χ1n) is 7.18. The van der Waals surface area contributed by atoms with Crippen LogP contribution in [-0.4, -0.2) is 10.9 Å². The fourth-order valence-corrected chi connectivity index (χ4v) is 3.56. The van der Waals surface area contributed by atoms with Gasteiger partial charge in [0.15, 0.2) is 0 Å². The summed E-state index contributed by atoms with van der Waals surface area (Å²) in [5, 5.41) is 0. The summed E-state index contributed by atoms with van der Waals surface area (Å²) in [5.41, 5.74) is 1.76. The van der Waals surface area contributed by atoms with Gasteiger partial charge in [-0.3, -0.25) is 0 Å². The van der Waals surface area contributed by atoms with E-state index in [4.69, 9.17) is 4.74 Å². The predicted octanol–water partition coefficient (Wildman–Crippen LogP) is 5.32. The second-order valence-corrected chi connectivity index (χ2v) is 8.05. The van der Waals surface area contributed by atoms with Crippen molar-refractivity contribution in [3.63, 3.8) is 0 Å². The summed E-state index contributed by atoms with van der Waals surface area (Å²) in [6.07, 6.45) is 2.58. The van der Waals surface area contributed by atoms with E-state index in [2.05, 4.69) is 74.8 Å². The van der Waals surface area contributed by atoms with Crippen LogP contribution in [0, 0.1) is 5.41 Å². The van der Waals surface area contributed by atoms with E-state index in [1.165, 1.54) is 5.56 Å². The van der Waals surface area contributed by atoms with Gasteiger partial charge in [0.1, 0.15) is 11.9 Å². The topological polar surface area (TPSA) is 9.23 Å². The van der Waals surface area contributed by atoms with Crippen molar-refractivity contribution in [2.45, 2.75) is 63.8 Å². The Bertz CT molecular complexity index is 449. The van der Waals surface area contributed by atoms with Gasteiger partial charge in [0.2, 0.25) is 0 Å². The van der Waals surface area contributed by atoms with Crippen LogP contribution in [0.2, 0.25) is 0 Å². The molecule has 0 aliphatic heterocycles. The third kappa shape index (κ3) is 2.84. The Morgan fingerprint density at radius 3 is 2.58 bits per heavy atom. The van der Waals surface area contributed by atoms with Gasteiger partial charge in [-0.15, -0.1) is 0 Å². The highest BCUT2D eigenvalue weighted by atomic mass is 79.9. The quantitative estimate of drug-likeness (QED) is 0.684. The smallest absolute Gasteiger partial charge is 0.120 e. The number of alkyl halides is 1. The van der Waals surface area contributed by atoms with Crippen LogP contribution in [0.1, 0.15) is 53.0 Å². The average Bonchev–Trinajstić information content (AvgIpc) is 2.36. The van der Waals surface area contributed by atoms with Gasteiger partial charge >= 0.3 is 0 Å². The molecule has 0 spiro atoms. The molecule has 0 heterocycles. The molecule has 1 aromatic carbocycles. The van der Waals surface area contributed by atoms with Crippen molar-refractivity contribution in [1.82, 2.24) is 0 Å². The lowest BCUT2D eigenvalue weighted by Gasteiger charge is -2.50. The van der Waals surface area contributed by atoms with Crippen molar-refractivity contribution in [2.24, 2.45) is 5.41 Å². The standard InChI is InChI=1S/C17H25BrO/c1-6-17(5)14(18)11-15(17)19-13-9-7-8-12(10-13)16(2,3)4/h7-10,14-15H,6,11H2,1-5H3. The number of rotatable bonds is 3. The van der Waals surface area contributed by atoms with Gasteiger partial charge in [-0.25, -0.2) is 0 Å². The number of hydrogen-bond donors (Lipinski definition) is 0. The van der Waals surface area contributed by atoms with E-state index in [9.17, 15) is 0 Å². The first-order valence-corrected chi connectivity index (χ1v) is 8.10. The Morgan fingerprint density at radius 2 is 2.05 bits per heavy atom. The molecule has 19 heavy (non-hydrogen) atoms. The van der Waals surface area contributed by atoms with Crippen LogP contribution in [0.15, 0.2) is 24.3 Å². The molecule has 3 atom stereocenters. The molecule has 1 nitrogen and oxygen atoms in total. The van der Waals surface area contributed by atoms with Gasteiger partial charge in [0, 0.05) is 10.2 Å². The molecule has 0 saturated heterocycles. The molecule has 2 rings (SSSR count). The molecule has 1 fully saturated rings. The monoisotopic (exact) mass is 324 g/mol. The molecule has 106 valence electrons. The summed E-state index contributed by atoms with van der Waals surface area (Å²) < 4.78 is 6.23. The van der Waals surface area contributed by atoms with Crippen LogP contribution in [0.4, 0.5) is 0 Å². The third-order valence-corrected chi connectivity index (χ3v) is 6.03. The lowest BCUT2D eigenvalue weighted by molar-refractivity contribution is -0.0244. The average molecular weight is 325 g/mol. The van der Waals surface area contributed by atoms with E-state index in [0.717, 1.165) is 18.6 Å². The highest BCUT2D eigenvalue weighted by Gasteiger charge is 2.50. The molecule has 3 unspecified atom stereocenters. The van der Waals surface area contributed by atoms with Crippen molar-refractivity contribution in [2.75, 3.05) is 0 Å². The van der Waals surface area contributed by atoms with Gasteiger partial charge < -0.3 is 4.74 Å². The zero-order chi connectivity index (χ0) is 14.3. The van der Waals surface area contributed by atoms with E-state index < -0.39 is 0 Å². The summed E-state index contributed by atoms with van der Waals surface area (Å²) >= 11 is 3.76. The highest BCUT2D eigenvalue weighted by Crippen LogP contribution is 2.50. The molecule has 1 aliphatic rings. The molecule has 0 radical (unpaired) electrons. The maximum atomic E-state index is 6.23. The van der Waals surface area contributed by atoms with Crippen LogP contribution < -0.4 is 4.74 Å². The second kappa shape index (κ2) is 5.12. The second-order valence-electron chi connectivity index (χ2n) is 6.95. The first kappa shape index (κ1) is 14.9. The Balaban J connectivity index is 2.13. The number of hydrogen-bond acceptors (Lipinski definition) is 1. The van der Waals surface area contributed by atoms with Crippen molar-refractivity contribution >= 4 is 15.9 Å². The van der Waals surface area contributed by atoms with Crippen LogP contribution in [0.3, 0.4) is 0 Å². The summed E-state index contributed by atoms with van der Waals surface area (Å²) in [6.45, 7) is 11.3. The van der Waals surface area contributed by atoms with Gasteiger partial charge in [0.25, 0.3) is 0 Å². The first-order chi connectivity index (χ1) is 8.77. The summed E-state index contributed by atoms with van der Waals surface area (Å²) in [4.78, 5) is 0.584. The number of halogens is 1. The Hall–Kier alpha value is -0.500. The molecule has 1 aromatic rings. The minimum Gasteiger partial charge on any atom is -0.490 e. The largest absolute Gasteiger partial charge is 0.490 e. The van der Waals surface area contributed by atoms with E-state index >= 15 is 0 Å². The molecule has 2 heteroatoms. The Morgan fingerprint density at radius 1 is 1.37 bits per heavy atom. The van der Waals surface area contributed by atoms with Gasteiger partial charge in [-0.2, -0.15) is 0 Å². The maximum absolute atomic E-state index is 6.23. The van der Waals surface area contributed by atoms with Crippen LogP contribution in [0.25, 0.3) is 0 Å². The normalized spacial score (nSPS) is 30.8. The van der Waals surface area contributed by atoms with Crippen molar-refractivity contribution in [1.29, 1.82) is 0 Å². The fraction of sp³-hybridized carbons (Fsp3) is 0.647. The SMILES string of the molecule is CCC1(C)C(Br)CC1Oc1cccc(C(C)(C)C)c1. The van der Waals surface area contributed by atoms with Gasteiger partial charge in [-0.1, -0.05) is 62.7 Å². The van der Waals surface area contributed by atoms with Crippen LogP contribution in [0.5, 0.6) is 5.75 Å². The molecule has 1 aliphatic carbocycles. The van der Waals surface area contributed by atoms with Gasteiger partial charge in [0.05, 0.1) is 0 Å². The van der Waals surface area contributed by atoms with E-state index in [0.29, 0.717) is 10.9 Å². The lowest BCUT2D eigenvalue weighted by Crippen LogP contribution is -2.54. The lowest BCUT2D eigenvalue weighted by atomic mass is 9.65. The van der Waals surface area contributed by atoms with Crippen LogP contribution in [-0.2, 0) is 5.41 Å².